The molecule has 0 spiro atoms. The van der Waals surface area contributed by atoms with Crippen molar-refractivity contribution in [3.8, 4) is 0 Å². The van der Waals surface area contributed by atoms with Gasteiger partial charge < -0.3 is 10.0 Å². The second-order valence-corrected chi connectivity index (χ2v) is 6.16. The number of carboxylic acid groups (broad SMARTS) is 1. The van der Waals surface area contributed by atoms with Gasteiger partial charge in [-0.15, -0.1) is 0 Å². The minimum absolute atomic E-state index is 0.0488. The predicted octanol–water partition coefficient (Wildman–Crippen LogP) is 1.69. The molecule has 1 atom stereocenters. The fourth-order valence-electron chi connectivity index (χ4n) is 3.82. The number of hydrogen-bond donors (Lipinski definition) is 1. The number of rotatable bonds is 3. The van der Waals surface area contributed by atoms with E-state index in [1.807, 2.05) is 6.07 Å². The number of halogens is 1. The summed E-state index contributed by atoms with van der Waals surface area (Å²) in [6, 6.07) is 5.08. The summed E-state index contributed by atoms with van der Waals surface area (Å²) in [7, 11) is 2.07. The number of piperazine rings is 1. The maximum absolute atomic E-state index is 14.0. The Balaban J connectivity index is 2.00. The molecule has 0 bridgehead atoms. The summed E-state index contributed by atoms with van der Waals surface area (Å²) in [5, 5.41) is 9.39. The molecule has 0 radical (unpaired) electrons. The van der Waals surface area contributed by atoms with Crippen LogP contribution in [0.25, 0.3) is 0 Å². The van der Waals surface area contributed by atoms with Gasteiger partial charge in [0, 0.05) is 26.2 Å². The summed E-state index contributed by atoms with van der Waals surface area (Å²) >= 11 is 0. The molecule has 1 aromatic rings. The first-order chi connectivity index (χ1) is 10.0. The number of nitrogens with zero attached hydrogens (tertiary/aromatic N) is 2. The Morgan fingerprint density at radius 2 is 2.05 bits per heavy atom. The van der Waals surface area contributed by atoms with Crippen molar-refractivity contribution in [3.05, 3.63) is 35.1 Å². The lowest BCUT2D eigenvalue weighted by Gasteiger charge is -2.45. The Labute approximate surface area is 124 Å². The smallest absolute Gasteiger partial charge is 0.305 e. The molecule has 0 saturated carbocycles. The van der Waals surface area contributed by atoms with Crippen LogP contribution >= 0.6 is 0 Å². The molecule has 2 aliphatic rings. The summed E-state index contributed by atoms with van der Waals surface area (Å²) in [6.45, 7) is 3.51. The summed E-state index contributed by atoms with van der Waals surface area (Å²) in [6.07, 6.45) is 1.37. The second-order valence-electron chi connectivity index (χ2n) is 6.16. The Kier molecular flexibility index (Phi) is 3.71. The Hall–Kier alpha value is -1.46. The van der Waals surface area contributed by atoms with Gasteiger partial charge in [-0.3, -0.25) is 9.69 Å². The molecule has 1 saturated heterocycles. The van der Waals surface area contributed by atoms with Gasteiger partial charge in [-0.1, -0.05) is 12.1 Å². The number of aliphatic carboxylic acids is 1. The predicted molar refractivity (Wildman–Crippen MR) is 77.7 cm³/mol. The van der Waals surface area contributed by atoms with E-state index in [4.69, 9.17) is 0 Å². The molecule has 1 aliphatic carbocycles. The molecular weight excluding hydrogens is 271 g/mol. The van der Waals surface area contributed by atoms with E-state index in [-0.39, 0.29) is 12.2 Å². The molecule has 0 aromatic heterocycles. The third-order valence-corrected chi connectivity index (χ3v) is 4.96. The Bertz CT molecular complexity index is 555. The lowest BCUT2D eigenvalue weighted by atomic mass is 9.85. The lowest BCUT2D eigenvalue weighted by Crippen LogP contribution is -2.54. The van der Waals surface area contributed by atoms with E-state index >= 15 is 0 Å². The minimum Gasteiger partial charge on any atom is -0.481 e. The first kappa shape index (κ1) is 14.5. The van der Waals surface area contributed by atoms with Gasteiger partial charge in [-0.25, -0.2) is 4.39 Å². The minimum atomic E-state index is -0.814. The Morgan fingerprint density at radius 3 is 2.71 bits per heavy atom. The highest BCUT2D eigenvalue weighted by Crippen LogP contribution is 2.45. The van der Waals surface area contributed by atoms with Gasteiger partial charge in [0.05, 0.1) is 12.0 Å². The van der Waals surface area contributed by atoms with E-state index in [0.717, 1.165) is 31.7 Å². The average molecular weight is 292 g/mol. The molecular formula is C16H21FN2O2. The largest absolute Gasteiger partial charge is 0.481 e. The number of carboxylic acids is 1. The van der Waals surface area contributed by atoms with E-state index < -0.39 is 11.5 Å². The third kappa shape index (κ3) is 2.45. The van der Waals surface area contributed by atoms with Crippen molar-refractivity contribution in [1.29, 1.82) is 0 Å². The highest BCUT2D eigenvalue weighted by molar-refractivity contribution is 5.69. The molecule has 1 heterocycles. The maximum Gasteiger partial charge on any atom is 0.305 e. The van der Waals surface area contributed by atoms with Gasteiger partial charge >= 0.3 is 5.97 Å². The molecule has 21 heavy (non-hydrogen) atoms. The van der Waals surface area contributed by atoms with Crippen molar-refractivity contribution >= 4 is 5.97 Å². The molecule has 1 fully saturated rings. The number of benzene rings is 1. The fraction of sp³-hybridized carbons (Fsp3) is 0.562. The zero-order chi connectivity index (χ0) is 15.0. The van der Waals surface area contributed by atoms with E-state index in [9.17, 15) is 14.3 Å². The quantitative estimate of drug-likeness (QED) is 0.921. The van der Waals surface area contributed by atoms with Gasteiger partial charge in [0.2, 0.25) is 0 Å². The SMILES string of the molecule is CN1CCN(C2(CC(=O)O)CCc3c(F)cccc32)CC1. The molecule has 5 heteroatoms. The first-order valence-corrected chi connectivity index (χ1v) is 7.46. The van der Waals surface area contributed by atoms with Crippen molar-refractivity contribution in [2.75, 3.05) is 33.2 Å². The standard InChI is InChI=1S/C16H21FN2O2/c1-18-7-9-19(10-8-18)16(11-15(20)21)6-5-12-13(16)3-2-4-14(12)17/h2-4H,5-11H2,1H3,(H,20,21). The normalized spacial score (nSPS) is 26.8. The van der Waals surface area contributed by atoms with Crippen LogP contribution in [0.3, 0.4) is 0 Å². The number of hydrogen-bond acceptors (Lipinski definition) is 3. The van der Waals surface area contributed by atoms with Crippen LogP contribution in [0.5, 0.6) is 0 Å². The van der Waals surface area contributed by atoms with E-state index in [1.165, 1.54) is 6.07 Å². The van der Waals surface area contributed by atoms with Crippen molar-refractivity contribution < 1.29 is 14.3 Å². The van der Waals surface area contributed by atoms with Crippen LogP contribution in [-0.2, 0) is 16.8 Å². The Morgan fingerprint density at radius 1 is 1.33 bits per heavy atom. The number of carbonyl (C=O) groups is 1. The lowest BCUT2D eigenvalue weighted by molar-refractivity contribution is -0.141. The van der Waals surface area contributed by atoms with Crippen molar-refractivity contribution in [3.63, 3.8) is 0 Å². The van der Waals surface area contributed by atoms with Crippen molar-refractivity contribution in [2.45, 2.75) is 24.8 Å². The molecule has 1 aliphatic heterocycles. The zero-order valence-corrected chi connectivity index (χ0v) is 12.3. The van der Waals surface area contributed by atoms with Crippen LogP contribution in [0.15, 0.2) is 18.2 Å². The van der Waals surface area contributed by atoms with Gasteiger partial charge in [-0.05, 0) is 37.1 Å². The summed E-state index contributed by atoms with van der Waals surface area (Å²) in [5.74, 6) is -1.01. The molecule has 114 valence electrons. The van der Waals surface area contributed by atoms with E-state index in [0.29, 0.717) is 18.4 Å². The number of likely N-dealkylation sites (N-methyl/N-ethyl adjacent to an activating group) is 1. The van der Waals surface area contributed by atoms with Crippen LogP contribution in [0.4, 0.5) is 4.39 Å². The first-order valence-electron chi connectivity index (χ1n) is 7.46. The zero-order valence-electron chi connectivity index (χ0n) is 12.3. The summed E-state index contributed by atoms with van der Waals surface area (Å²) in [5.41, 5.74) is 1.05. The average Bonchev–Trinajstić information content (AvgIpc) is 2.80. The van der Waals surface area contributed by atoms with Crippen LogP contribution < -0.4 is 0 Å². The van der Waals surface area contributed by atoms with Gasteiger partial charge in [-0.2, -0.15) is 0 Å². The number of fused-ring (bicyclic) bond motifs is 1. The van der Waals surface area contributed by atoms with Gasteiger partial charge in [0.25, 0.3) is 0 Å². The van der Waals surface area contributed by atoms with E-state index in [2.05, 4.69) is 16.8 Å². The third-order valence-electron chi connectivity index (χ3n) is 4.96. The van der Waals surface area contributed by atoms with Gasteiger partial charge in [0.1, 0.15) is 5.82 Å². The van der Waals surface area contributed by atoms with Crippen LogP contribution in [-0.4, -0.2) is 54.1 Å². The highest BCUT2D eigenvalue weighted by Gasteiger charge is 2.46. The van der Waals surface area contributed by atoms with Crippen molar-refractivity contribution in [1.82, 2.24) is 9.80 Å². The molecule has 1 N–H and O–H groups in total. The van der Waals surface area contributed by atoms with Crippen LogP contribution in [0.1, 0.15) is 24.0 Å². The van der Waals surface area contributed by atoms with Gasteiger partial charge in [0.15, 0.2) is 0 Å². The molecule has 1 aromatic carbocycles. The molecule has 4 nitrogen and oxygen atoms in total. The van der Waals surface area contributed by atoms with Crippen LogP contribution in [0, 0.1) is 5.82 Å². The monoisotopic (exact) mass is 292 g/mol. The summed E-state index contributed by atoms with van der Waals surface area (Å²) < 4.78 is 14.0. The van der Waals surface area contributed by atoms with E-state index in [1.54, 1.807) is 6.07 Å². The fourth-order valence-corrected chi connectivity index (χ4v) is 3.82. The summed E-state index contributed by atoms with van der Waals surface area (Å²) in [4.78, 5) is 15.9. The molecule has 0 amide bonds. The second kappa shape index (κ2) is 5.39. The molecule has 1 unspecified atom stereocenters. The van der Waals surface area contributed by atoms with Crippen molar-refractivity contribution in [2.24, 2.45) is 0 Å². The van der Waals surface area contributed by atoms with Crippen LogP contribution in [0.2, 0.25) is 0 Å². The highest BCUT2D eigenvalue weighted by atomic mass is 19.1. The topological polar surface area (TPSA) is 43.8 Å². The molecule has 3 rings (SSSR count). The maximum atomic E-state index is 14.0.